The van der Waals surface area contributed by atoms with Gasteiger partial charge in [-0.2, -0.15) is 0 Å². The summed E-state index contributed by atoms with van der Waals surface area (Å²) >= 11 is 0. The van der Waals surface area contributed by atoms with Crippen LogP contribution in [-0.4, -0.2) is 45.0 Å². The van der Waals surface area contributed by atoms with Crippen LogP contribution in [0.2, 0.25) is 0 Å². The second kappa shape index (κ2) is 12.8. The van der Waals surface area contributed by atoms with Crippen molar-refractivity contribution in [3.63, 3.8) is 0 Å². The van der Waals surface area contributed by atoms with Gasteiger partial charge < -0.3 is 25.4 Å². The van der Waals surface area contributed by atoms with Gasteiger partial charge in [0, 0.05) is 30.9 Å². The summed E-state index contributed by atoms with van der Waals surface area (Å²) in [6.45, 7) is 5.38. The molecule has 2 amide bonds. The first kappa shape index (κ1) is 21.5. The minimum atomic E-state index is -0.187. The van der Waals surface area contributed by atoms with Gasteiger partial charge in [-0.25, -0.2) is 4.79 Å². The maximum absolute atomic E-state index is 12.0. The Morgan fingerprint density at radius 1 is 1.28 bits per heavy atom. The number of nitrogens with one attached hydrogen (secondary N) is 3. The van der Waals surface area contributed by atoms with Crippen molar-refractivity contribution in [3.8, 4) is 5.75 Å². The number of ether oxygens (including phenoxy) is 2. The minimum absolute atomic E-state index is 0. The molecule has 0 radical (unpaired) electrons. The van der Waals surface area contributed by atoms with E-state index in [1.807, 2.05) is 31.2 Å². The van der Waals surface area contributed by atoms with Crippen molar-refractivity contribution in [2.45, 2.75) is 38.6 Å². The Labute approximate surface area is 156 Å². The number of halogens is 1. The lowest BCUT2D eigenvalue weighted by molar-refractivity contribution is 0.110. The molecule has 2 rings (SSSR count). The molecule has 1 saturated heterocycles. The molecule has 3 N–H and O–H groups in total. The molecule has 1 aliphatic heterocycles. The van der Waals surface area contributed by atoms with Crippen molar-refractivity contribution >= 4 is 24.1 Å². The van der Waals surface area contributed by atoms with Gasteiger partial charge in [0.05, 0.1) is 6.61 Å². The molecule has 142 valence electrons. The smallest absolute Gasteiger partial charge is 0.319 e. The molecule has 0 saturated carbocycles. The average Bonchev–Trinajstić information content (AvgIpc) is 2.86. The van der Waals surface area contributed by atoms with E-state index in [-0.39, 0.29) is 18.4 Å². The molecule has 0 spiro atoms. The highest BCUT2D eigenvalue weighted by atomic mass is 35.5. The number of rotatable bonds is 8. The first-order valence-electron chi connectivity index (χ1n) is 8.87. The number of urea groups is 1. The zero-order chi connectivity index (χ0) is 17.0. The Bertz CT molecular complexity index is 494. The van der Waals surface area contributed by atoms with Crippen molar-refractivity contribution in [2.24, 2.45) is 0 Å². The predicted octanol–water partition coefficient (Wildman–Crippen LogP) is 3.18. The molecule has 1 heterocycles. The Hall–Kier alpha value is -1.50. The number of benzene rings is 1. The summed E-state index contributed by atoms with van der Waals surface area (Å²) < 4.78 is 10.8. The van der Waals surface area contributed by atoms with Crippen LogP contribution in [0.25, 0.3) is 0 Å². The highest BCUT2D eigenvalue weighted by Crippen LogP contribution is 2.17. The number of anilines is 1. The molecule has 1 aromatic carbocycles. The van der Waals surface area contributed by atoms with E-state index in [1.54, 1.807) is 0 Å². The largest absolute Gasteiger partial charge is 0.491 e. The van der Waals surface area contributed by atoms with Gasteiger partial charge in [0.15, 0.2) is 0 Å². The van der Waals surface area contributed by atoms with Crippen LogP contribution in [0.1, 0.15) is 32.6 Å². The van der Waals surface area contributed by atoms with Crippen LogP contribution in [0.5, 0.6) is 5.75 Å². The van der Waals surface area contributed by atoms with E-state index in [4.69, 9.17) is 9.47 Å². The van der Waals surface area contributed by atoms with Gasteiger partial charge in [-0.3, -0.25) is 0 Å². The topological polar surface area (TPSA) is 71.6 Å². The molecule has 1 unspecified atom stereocenters. The summed E-state index contributed by atoms with van der Waals surface area (Å²) in [5.74, 6) is 0.720. The van der Waals surface area contributed by atoms with Gasteiger partial charge >= 0.3 is 6.03 Å². The number of hydrogen-bond donors (Lipinski definition) is 3. The standard InChI is InChI=1S/C18H29N3O3.ClH/c1-2-23-11-12-24-17-9-6-8-15(13-17)21-18(22)20-14-16-7-4-3-5-10-19-16;/h6,8-9,13,16,19H,2-5,7,10-12,14H2,1H3,(H2,20,21,22);1H. The second-order valence-corrected chi connectivity index (χ2v) is 5.91. The molecular weight excluding hydrogens is 342 g/mol. The molecule has 0 bridgehead atoms. The zero-order valence-electron chi connectivity index (χ0n) is 14.9. The van der Waals surface area contributed by atoms with Gasteiger partial charge in [0.25, 0.3) is 0 Å². The molecule has 0 aliphatic carbocycles. The Morgan fingerprint density at radius 2 is 2.16 bits per heavy atom. The third-order valence-corrected chi connectivity index (χ3v) is 3.96. The SMILES string of the molecule is CCOCCOc1cccc(NC(=O)NCC2CCCCCN2)c1.Cl. The van der Waals surface area contributed by atoms with Crippen LogP contribution >= 0.6 is 12.4 Å². The highest BCUT2D eigenvalue weighted by Gasteiger charge is 2.12. The summed E-state index contributed by atoms with van der Waals surface area (Å²) in [5.41, 5.74) is 0.718. The van der Waals surface area contributed by atoms with E-state index in [0.717, 1.165) is 24.4 Å². The second-order valence-electron chi connectivity index (χ2n) is 5.91. The number of carbonyl (C=O) groups is 1. The van der Waals surface area contributed by atoms with Crippen LogP contribution in [0, 0.1) is 0 Å². The van der Waals surface area contributed by atoms with Crippen LogP contribution in [0.3, 0.4) is 0 Å². The van der Waals surface area contributed by atoms with E-state index >= 15 is 0 Å². The van der Waals surface area contributed by atoms with E-state index in [0.29, 0.717) is 32.4 Å². The maximum atomic E-state index is 12.0. The van der Waals surface area contributed by atoms with E-state index in [9.17, 15) is 4.79 Å². The van der Waals surface area contributed by atoms with Crippen LogP contribution in [0.15, 0.2) is 24.3 Å². The minimum Gasteiger partial charge on any atom is -0.491 e. The maximum Gasteiger partial charge on any atom is 0.319 e. The number of carbonyl (C=O) groups excluding carboxylic acids is 1. The van der Waals surface area contributed by atoms with Crippen LogP contribution in [0.4, 0.5) is 10.5 Å². The summed E-state index contributed by atoms with van der Waals surface area (Å²) in [7, 11) is 0. The molecule has 1 aromatic rings. The van der Waals surface area contributed by atoms with Gasteiger partial charge in [-0.1, -0.05) is 18.9 Å². The van der Waals surface area contributed by atoms with Gasteiger partial charge in [-0.05, 0) is 38.4 Å². The summed E-state index contributed by atoms with van der Waals surface area (Å²) in [4.78, 5) is 12.0. The van der Waals surface area contributed by atoms with E-state index < -0.39 is 0 Å². The summed E-state index contributed by atoms with van der Waals surface area (Å²) in [5, 5.41) is 9.25. The normalized spacial score (nSPS) is 17.1. The van der Waals surface area contributed by atoms with E-state index in [1.165, 1.54) is 19.3 Å². The average molecular weight is 372 g/mol. The molecular formula is C18H30ClN3O3. The van der Waals surface area contributed by atoms with Crippen molar-refractivity contribution in [2.75, 3.05) is 38.2 Å². The number of hydrogen-bond acceptors (Lipinski definition) is 4. The highest BCUT2D eigenvalue weighted by molar-refractivity contribution is 5.89. The molecule has 1 aliphatic rings. The van der Waals surface area contributed by atoms with E-state index in [2.05, 4.69) is 16.0 Å². The molecule has 1 fully saturated rings. The lowest BCUT2D eigenvalue weighted by atomic mass is 10.1. The van der Waals surface area contributed by atoms with Crippen molar-refractivity contribution < 1.29 is 14.3 Å². The lowest BCUT2D eigenvalue weighted by Crippen LogP contribution is -2.41. The number of amides is 2. The Kier molecular flexibility index (Phi) is 11.0. The predicted molar refractivity (Wildman–Crippen MR) is 103 cm³/mol. The first-order valence-corrected chi connectivity index (χ1v) is 8.87. The monoisotopic (exact) mass is 371 g/mol. The first-order chi connectivity index (χ1) is 11.8. The zero-order valence-corrected chi connectivity index (χ0v) is 15.7. The van der Waals surface area contributed by atoms with Crippen LogP contribution < -0.4 is 20.7 Å². The fraction of sp³-hybridized carbons (Fsp3) is 0.611. The van der Waals surface area contributed by atoms with Crippen LogP contribution in [-0.2, 0) is 4.74 Å². The Morgan fingerprint density at radius 3 is 3.00 bits per heavy atom. The fourth-order valence-electron chi connectivity index (χ4n) is 2.69. The molecule has 7 heteroatoms. The van der Waals surface area contributed by atoms with Gasteiger partial charge in [0.1, 0.15) is 12.4 Å². The summed E-state index contributed by atoms with van der Waals surface area (Å²) in [6.07, 6.45) is 4.83. The molecule has 6 nitrogen and oxygen atoms in total. The van der Waals surface area contributed by atoms with Gasteiger partial charge in [0.2, 0.25) is 0 Å². The summed E-state index contributed by atoms with van der Waals surface area (Å²) in [6, 6.07) is 7.57. The van der Waals surface area contributed by atoms with Crippen molar-refractivity contribution in [3.05, 3.63) is 24.3 Å². The molecule has 0 aromatic heterocycles. The van der Waals surface area contributed by atoms with Crippen molar-refractivity contribution in [1.29, 1.82) is 0 Å². The quantitative estimate of drug-likeness (QED) is 0.614. The third kappa shape index (κ3) is 8.95. The van der Waals surface area contributed by atoms with Crippen molar-refractivity contribution in [1.82, 2.24) is 10.6 Å². The third-order valence-electron chi connectivity index (χ3n) is 3.96. The lowest BCUT2D eigenvalue weighted by Gasteiger charge is -2.17. The fourth-order valence-corrected chi connectivity index (χ4v) is 2.69. The van der Waals surface area contributed by atoms with Gasteiger partial charge in [-0.15, -0.1) is 12.4 Å². The Balaban J connectivity index is 0.00000312. The molecule has 25 heavy (non-hydrogen) atoms. The molecule has 1 atom stereocenters.